The molecule has 0 aromatic heterocycles. The quantitative estimate of drug-likeness (QED) is 0.678. The summed E-state index contributed by atoms with van der Waals surface area (Å²) in [6, 6.07) is 12.1. The second kappa shape index (κ2) is 9.01. The molecule has 6 nitrogen and oxygen atoms in total. The minimum absolute atomic E-state index is 0.0879. The molecule has 0 spiro atoms. The molecule has 1 atom stereocenters. The highest BCUT2D eigenvalue weighted by molar-refractivity contribution is 7.89. The zero-order valence-electron chi connectivity index (χ0n) is 16.1. The molecule has 0 unspecified atom stereocenters. The predicted octanol–water partition coefficient (Wildman–Crippen LogP) is 3.21. The minimum Gasteiger partial charge on any atom is -0.484 e. The topological polar surface area (TPSA) is 84.5 Å². The highest BCUT2D eigenvalue weighted by Gasteiger charge is 2.16. The maximum Gasteiger partial charge on any atom is 0.272 e. The van der Waals surface area contributed by atoms with Gasteiger partial charge in [-0.2, -0.15) is 0 Å². The van der Waals surface area contributed by atoms with Crippen molar-refractivity contribution in [2.75, 3.05) is 6.61 Å². The van der Waals surface area contributed by atoms with Crippen LogP contribution in [0.25, 0.3) is 0 Å². The molecule has 146 valence electrons. The fourth-order valence-corrected chi connectivity index (χ4v) is 3.24. The van der Waals surface area contributed by atoms with Crippen LogP contribution < -0.4 is 15.0 Å². The predicted molar refractivity (Wildman–Crippen MR) is 105 cm³/mol. The van der Waals surface area contributed by atoms with Crippen LogP contribution in [0.4, 0.5) is 0 Å². The molecule has 0 heterocycles. The van der Waals surface area contributed by atoms with Gasteiger partial charge in [-0.15, -0.1) is 4.83 Å². The van der Waals surface area contributed by atoms with Crippen LogP contribution in [0, 0.1) is 13.8 Å². The van der Waals surface area contributed by atoms with E-state index in [0.29, 0.717) is 11.7 Å². The van der Waals surface area contributed by atoms with E-state index in [0.717, 1.165) is 23.1 Å². The second-order valence-electron chi connectivity index (χ2n) is 6.57. The minimum atomic E-state index is -3.84. The van der Waals surface area contributed by atoms with E-state index in [1.807, 2.05) is 26.0 Å². The number of ether oxygens (including phenoxy) is 1. The first-order chi connectivity index (χ1) is 12.7. The molecule has 7 heteroatoms. The number of hydrazine groups is 1. The average Bonchev–Trinajstić information content (AvgIpc) is 2.66. The molecule has 1 amide bonds. The molecule has 0 saturated carbocycles. The monoisotopic (exact) mass is 390 g/mol. The molecule has 0 fully saturated rings. The molecule has 0 aliphatic carbocycles. The zero-order chi connectivity index (χ0) is 20.0. The molecule has 2 rings (SSSR count). The van der Waals surface area contributed by atoms with Crippen LogP contribution in [0.1, 0.15) is 42.9 Å². The first-order valence-electron chi connectivity index (χ1n) is 8.83. The van der Waals surface area contributed by atoms with Gasteiger partial charge >= 0.3 is 0 Å². The normalized spacial score (nSPS) is 12.4. The van der Waals surface area contributed by atoms with Gasteiger partial charge in [0.15, 0.2) is 6.61 Å². The van der Waals surface area contributed by atoms with Crippen molar-refractivity contribution in [1.29, 1.82) is 0 Å². The number of nitrogens with one attached hydrogen (secondary N) is 2. The number of sulfonamides is 1. The van der Waals surface area contributed by atoms with Crippen LogP contribution in [-0.4, -0.2) is 20.9 Å². The number of carbonyl (C=O) groups is 1. The number of benzene rings is 2. The van der Waals surface area contributed by atoms with Crippen molar-refractivity contribution in [3.63, 3.8) is 0 Å². The van der Waals surface area contributed by atoms with Crippen molar-refractivity contribution in [3.8, 4) is 5.75 Å². The molecule has 0 aliphatic rings. The van der Waals surface area contributed by atoms with E-state index in [9.17, 15) is 13.2 Å². The van der Waals surface area contributed by atoms with E-state index in [-0.39, 0.29) is 11.5 Å². The lowest BCUT2D eigenvalue weighted by Gasteiger charge is -2.12. The fraction of sp³-hybridized carbons (Fsp3) is 0.350. The summed E-state index contributed by atoms with van der Waals surface area (Å²) >= 11 is 0. The summed E-state index contributed by atoms with van der Waals surface area (Å²) in [5.74, 6) is 0.321. The van der Waals surface area contributed by atoms with Crippen LogP contribution >= 0.6 is 0 Å². The summed E-state index contributed by atoms with van der Waals surface area (Å²) in [5, 5.41) is 0. The van der Waals surface area contributed by atoms with Gasteiger partial charge in [0.2, 0.25) is 0 Å². The number of aryl methyl sites for hydroxylation is 2. The summed E-state index contributed by atoms with van der Waals surface area (Å²) < 4.78 is 29.9. The Morgan fingerprint density at radius 2 is 1.74 bits per heavy atom. The van der Waals surface area contributed by atoms with Crippen molar-refractivity contribution in [3.05, 3.63) is 59.2 Å². The molecule has 0 radical (unpaired) electrons. The molecular weight excluding hydrogens is 364 g/mol. The van der Waals surface area contributed by atoms with Gasteiger partial charge in [-0.25, -0.2) is 8.42 Å². The molecule has 2 aromatic carbocycles. The summed E-state index contributed by atoms with van der Waals surface area (Å²) in [7, 11) is -3.84. The smallest absolute Gasteiger partial charge is 0.272 e. The number of carbonyl (C=O) groups excluding carboxylic acids is 1. The van der Waals surface area contributed by atoms with Gasteiger partial charge in [0.05, 0.1) is 4.90 Å². The lowest BCUT2D eigenvalue weighted by molar-refractivity contribution is -0.123. The van der Waals surface area contributed by atoms with Crippen molar-refractivity contribution < 1.29 is 17.9 Å². The number of rotatable bonds is 8. The zero-order valence-corrected chi connectivity index (χ0v) is 16.9. The maximum atomic E-state index is 12.3. The fourth-order valence-electron chi connectivity index (χ4n) is 2.38. The van der Waals surface area contributed by atoms with Crippen LogP contribution in [0.3, 0.4) is 0 Å². The maximum absolute atomic E-state index is 12.3. The Balaban J connectivity index is 1.90. The van der Waals surface area contributed by atoms with Crippen molar-refractivity contribution in [1.82, 2.24) is 10.3 Å². The van der Waals surface area contributed by atoms with Gasteiger partial charge in [0.1, 0.15) is 5.75 Å². The number of amides is 1. The Labute approximate surface area is 161 Å². The van der Waals surface area contributed by atoms with E-state index >= 15 is 0 Å². The summed E-state index contributed by atoms with van der Waals surface area (Å²) in [5.41, 5.74) is 5.41. The summed E-state index contributed by atoms with van der Waals surface area (Å²) in [4.78, 5) is 14.0. The third-order valence-corrected chi connectivity index (χ3v) is 5.81. The van der Waals surface area contributed by atoms with Gasteiger partial charge in [-0.1, -0.05) is 32.0 Å². The summed E-state index contributed by atoms with van der Waals surface area (Å²) in [6.07, 6.45) is 0.973. The third kappa shape index (κ3) is 5.80. The third-order valence-electron chi connectivity index (χ3n) is 4.54. The van der Waals surface area contributed by atoms with Gasteiger partial charge in [0.25, 0.3) is 15.9 Å². The molecule has 2 aromatic rings. The van der Waals surface area contributed by atoms with E-state index in [1.165, 1.54) is 12.1 Å². The molecular formula is C20H26N2O4S. The largest absolute Gasteiger partial charge is 0.484 e. The lowest BCUT2D eigenvalue weighted by atomic mass is 9.99. The summed E-state index contributed by atoms with van der Waals surface area (Å²) in [6.45, 7) is 7.79. The van der Waals surface area contributed by atoms with Crippen molar-refractivity contribution in [2.45, 2.75) is 44.9 Å². The van der Waals surface area contributed by atoms with E-state index in [4.69, 9.17) is 4.74 Å². The lowest BCUT2D eigenvalue weighted by Crippen LogP contribution is -2.43. The van der Waals surface area contributed by atoms with Gasteiger partial charge < -0.3 is 4.74 Å². The van der Waals surface area contributed by atoms with Crippen LogP contribution in [0.5, 0.6) is 5.75 Å². The standard InChI is InChI=1S/C20H26N2O4S/c1-5-14(2)17-7-10-19(11-8-17)27(24,25)22-21-20(23)13-26-18-9-6-15(3)16(4)12-18/h6-12,14,22H,5,13H2,1-4H3,(H,21,23)/t14-/m1/s1. The Bertz CT molecular complexity index is 893. The van der Waals surface area contributed by atoms with Crippen molar-refractivity contribution in [2.24, 2.45) is 0 Å². The average molecular weight is 391 g/mol. The Morgan fingerprint density at radius 3 is 2.33 bits per heavy atom. The second-order valence-corrected chi connectivity index (χ2v) is 8.25. The molecule has 0 saturated heterocycles. The van der Waals surface area contributed by atoms with Crippen LogP contribution in [0.15, 0.2) is 47.4 Å². The Morgan fingerprint density at radius 1 is 1.07 bits per heavy atom. The van der Waals surface area contributed by atoms with Crippen LogP contribution in [-0.2, 0) is 14.8 Å². The molecule has 0 aliphatic heterocycles. The Hall–Kier alpha value is -2.38. The van der Waals surface area contributed by atoms with Gasteiger partial charge in [0, 0.05) is 0 Å². The van der Waals surface area contributed by atoms with E-state index in [1.54, 1.807) is 18.2 Å². The first-order valence-corrected chi connectivity index (χ1v) is 10.3. The number of hydrogen-bond donors (Lipinski definition) is 2. The van der Waals surface area contributed by atoms with Crippen LogP contribution in [0.2, 0.25) is 0 Å². The van der Waals surface area contributed by atoms with E-state index < -0.39 is 15.9 Å². The molecule has 2 N–H and O–H groups in total. The van der Waals surface area contributed by atoms with Gasteiger partial charge in [-0.3, -0.25) is 10.2 Å². The Kier molecular flexibility index (Phi) is 6.98. The SMILES string of the molecule is CC[C@@H](C)c1ccc(S(=O)(=O)NNC(=O)COc2ccc(C)c(C)c2)cc1. The first kappa shape index (κ1) is 20.9. The molecule has 27 heavy (non-hydrogen) atoms. The van der Waals surface area contributed by atoms with E-state index in [2.05, 4.69) is 24.1 Å². The number of hydrogen-bond acceptors (Lipinski definition) is 4. The van der Waals surface area contributed by atoms with Gasteiger partial charge in [-0.05, 0) is 67.1 Å². The highest BCUT2D eigenvalue weighted by atomic mass is 32.2. The highest BCUT2D eigenvalue weighted by Crippen LogP contribution is 2.20. The molecule has 0 bridgehead atoms. The van der Waals surface area contributed by atoms with Crippen molar-refractivity contribution >= 4 is 15.9 Å².